The topological polar surface area (TPSA) is 46.3 Å². The lowest BCUT2D eigenvalue weighted by Gasteiger charge is -2.24. The second-order valence-electron chi connectivity index (χ2n) is 4.70. The fourth-order valence-corrected chi connectivity index (χ4v) is 2.18. The number of nitrogens with zero attached hydrogens (tertiary/aromatic N) is 1. The number of carbonyl (C=O) groups is 1. The van der Waals surface area contributed by atoms with Gasteiger partial charge < -0.3 is 10.6 Å². The van der Waals surface area contributed by atoms with Crippen LogP contribution in [0.25, 0.3) is 0 Å². The van der Waals surface area contributed by atoms with Crippen LogP contribution in [0.5, 0.6) is 0 Å². The van der Waals surface area contributed by atoms with Crippen LogP contribution in [0.4, 0.5) is 0 Å². The zero-order valence-corrected chi connectivity index (χ0v) is 10.0. The summed E-state index contributed by atoms with van der Waals surface area (Å²) in [4.78, 5) is 14.1. The van der Waals surface area contributed by atoms with E-state index in [1.165, 1.54) is 6.42 Å². The second-order valence-corrected chi connectivity index (χ2v) is 4.70. The van der Waals surface area contributed by atoms with Crippen molar-refractivity contribution in [1.29, 1.82) is 0 Å². The van der Waals surface area contributed by atoms with Crippen molar-refractivity contribution in [2.45, 2.75) is 39.5 Å². The van der Waals surface area contributed by atoms with Gasteiger partial charge in [-0.05, 0) is 31.6 Å². The summed E-state index contributed by atoms with van der Waals surface area (Å²) in [5.41, 5.74) is 5.61. The minimum Gasteiger partial charge on any atom is -0.342 e. The molecule has 0 aromatic carbocycles. The molecule has 1 aliphatic rings. The first kappa shape index (κ1) is 12.5. The molecular formula is C12H24N2O. The fourth-order valence-electron chi connectivity index (χ4n) is 2.18. The number of carbonyl (C=O) groups excluding carboxylic acids is 1. The normalized spacial score (nSPS) is 24.7. The summed E-state index contributed by atoms with van der Waals surface area (Å²) in [5.74, 6) is 1.08. The van der Waals surface area contributed by atoms with Crippen LogP contribution in [-0.2, 0) is 4.79 Å². The maximum Gasteiger partial charge on any atom is 0.226 e. The Labute approximate surface area is 93.0 Å². The van der Waals surface area contributed by atoms with E-state index in [9.17, 15) is 4.79 Å². The van der Waals surface area contributed by atoms with Crippen LogP contribution in [-0.4, -0.2) is 30.4 Å². The van der Waals surface area contributed by atoms with Crippen molar-refractivity contribution >= 4 is 5.91 Å². The van der Waals surface area contributed by atoms with E-state index in [1.54, 1.807) is 0 Å². The third-order valence-corrected chi connectivity index (χ3v) is 3.46. The highest BCUT2D eigenvalue weighted by atomic mass is 16.2. The molecule has 0 aromatic heterocycles. The first-order valence-electron chi connectivity index (χ1n) is 6.17. The highest BCUT2D eigenvalue weighted by molar-refractivity contribution is 5.79. The van der Waals surface area contributed by atoms with Gasteiger partial charge in [-0.1, -0.05) is 13.8 Å². The van der Waals surface area contributed by atoms with Crippen LogP contribution in [0.2, 0.25) is 0 Å². The van der Waals surface area contributed by atoms with Crippen molar-refractivity contribution in [2.24, 2.45) is 17.6 Å². The fraction of sp³-hybridized carbons (Fsp3) is 0.917. The highest BCUT2D eigenvalue weighted by Gasteiger charge is 2.23. The van der Waals surface area contributed by atoms with Crippen molar-refractivity contribution in [2.75, 3.05) is 19.6 Å². The van der Waals surface area contributed by atoms with Crippen molar-refractivity contribution in [1.82, 2.24) is 4.90 Å². The Morgan fingerprint density at radius 3 is 2.80 bits per heavy atom. The lowest BCUT2D eigenvalue weighted by molar-refractivity contribution is -0.135. The molecular weight excluding hydrogens is 188 g/mol. The lowest BCUT2D eigenvalue weighted by Crippen LogP contribution is -2.39. The molecule has 88 valence electrons. The largest absolute Gasteiger partial charge is 0.342 e. The molecule has 1 amide bonds. The van der Waals surface area contributed by atoms with E-state index in [4.69, 9.17) is 5.73 Å². The molecule has 1 fully saturated rings. The first-order chi connectivity index (χ1) is 7.19. The van der Waals surface area contributed by atoms with E-state index in [1.807, 2.05) is 11.8 Å². The van der Waals surface area contributed by atoms with Gasteiger partial charge in [-0.3, -0.25) is 4.79 Å². The molecule has 1 aliphatic heterocycles. The quantitative estimate of drug-likeness (QED) is 0.772. The summed E-state index contributed by atoms with van der Waals surface area (Å²) in [5, 5.41) is 0. The van der Waals surface area contributed by atoms with Gasteiger partial charge >= 0.3 is 0 Å². The van der Waals surface area contributed by atoms with Crippen LogP contribution in [0.1, 0.15) is 39.5 Å². The molecule has 0 radical (unpaired) electrons. The summed E-state index contributed by atoms with van der Waals surface area (Å²) < 4.78 is 0. The van der Waals surface area contributed by atoms with Crippen LogP contribution in [0, 0.1) is 11.8 Å². The molecule has 3 nitrogen and oxygen atoms in total. The zero-order valence-electron chi connectivity index (χ0n) is 10.0. The van der Waals surface area contributed by atoms with E-state index in [2.05, 4.69) is 6.92 Å². The van der Waals surface area contributed by atoms with E-state index in [0.717, 1.165) is 38.3 Å². The number of likely N-dealkylation sites (tertiary alicyclic amines) is 1. The second kappa shape index (κ2) is 6.11. The van der Waals surface area contributed by atoms with Gasteiger partial charge in [0.15, 0.2) is 0 Å². The molecule has 2 unspecified atom stereocenters. The van der Waals surface area contributed by atoms with Gasteiger partial charge in [0.1, 0.15) is 0 Å². The van der Waals surface area contributed by atoms with Crippen LogP contribution >= 0.6 is 0 Å². The predicted molar refractivity (Wildman–Crippen MR) is 62.4 cm³/mol. The van der Waals surface area contributed by atoms with Crippen LogP contribution in [0.3, 0.4) is 0 Å². The molecule has 1 heterocycles. The predicted octanol–water partition coefficient (Wildman–Crippen LogP) is 1.62. The molecule has 0 aliphatic carbocycles. The summed E-state index contributed by atoms with van der Waals surface area (Å²) >= 11 is 0. The van der Waals surface area contributed by atoms with E-state index in [-0.39, 0.29) is 11.8 Å². The smallest absolute Gasteiger partial charge is 0.226 e. The first-order valence-corrected chi connectivity index (χ1v) is 6.17. The summed E-state index contributed by atoms with van der Waals surface area (Å²) in [7, 11) is 0. The Balaban J connectivity index is 2.51. The monoisotopic (exact) mass is 212 g/mol. The summed E-state index contributed by atoms with van der Waals surface area (Å²) in [6, 6.07) is 0. The third-order valence-electron chi connectivity index (χ3n) is 3.46. The van der Waals surface area contributed by atoms with E-state index >= 15 is 0 Å². The van der Waals surface area contributed by atoms with Crippen molar-refractivity contribution in [3.8, 4) is 0 Å². The van der Waals surface area contributed by atoms with Crippen LogP contribution in [0.15, 0.2) is 0 Å². The van der Waals surface area contributed by atoms with Crippen molar-refractivity contribution < 1.29 is 4.79 Å². The standard InChI is InChI=1S/C12H24N2O/c1-3-11(9-13)12(15)14-7-4-5-10(2)6-8-14/h10-11H,3-9,13H2,1-2H3. The SMILES string of the molecule is CCC(CN)C(=O)N1CCCC(C)CC1. The highest BCUT2D eigenvalue weighted by Crippen LogP contribution is 2.18. The Morgan fingerprint density at radius 1 is 1.47 bits per heavy atom. The van der Waals surface area contributed by atoms with E-state index < -0.39 is 0 Å². The van der Waals surface area contributed by atoms with Gasteiger partial charge in [-0.15, -0.1) is 0 Å². The Hall–Kier alpha value is -0.570. The number of nitrogens with two attached hydrogens (primary N) is 1. The average molecular weight is 212 g/mol. The number of hydrogen-bond acceptors (Lipinski definition) is 2. The lowest BCUT2D eigenvalue weighted by atomic mass is 10.0. The molecule has 2 N–H and O–H groups in total. The van der Waals surface area contributed by atoms with Crippen molar-refractivity contribution in [3.05, 3.63) is 0 Å². The molecule has 0 spiro atoms. The van der Waals surface area contributed by atoms with E-state index in [0.29, 0.717) is 6.54 Å². The number of hydrogen-bond donors (Lipinski definition) is 1. The summed E-state index contributed by atoms with van der Waals surface area (Å²) in [6.45, 7) is 6.65. The van der Waals surface area contributed by atoms with Gasteiger partial charge in [0.05, 0.1) is 5.92 Å². The van der Waals surface area contributed by atoms with Gasteiger partial charge in [-0.25, -0.2) is 0 Å². The molecule has 3 heteroatoms. The Bertz CT molecular complexity index is 202. The molecule has 1 saturated heterocycles. The molecule has 1 rings (SSSR count). The maximum atomic E-state index is 12.1. The van der Waals surface area contributed by atoms with Gasteiger partial charge in [-0.2, -0.15) is 0 Å². The van der Waals surface area contributed by atoms with Crippen LogP contribution < -0.4 is 5.73 Å². The molecule has 15 heavy (non-hydrogen) atoms. The Morgan fingerprint density at radius 2 is 2.20 bits per heavy atom. The molecule has 0 bridgehead atoms. The Kier molecular flexibility index (Phi) is 5.09. The molecule has 0 saturated carbocycles. The van der Waals surface area contributed by atoms with Crippen molar-refractivity contribution in [3.63, 3.8) is 0 Å². The molecule has 0 aromatic rings. The average Bonchev–Trinajstić information content (AvgIpc) is 2.44. The summed E-state index contributed by atoms with van der Waals surface area (Å²) in [6.07, 6.45) is 4.41. The van der Waals surface area contributed by atoms with Gasteiger partial charge in [0, 0.05) is 19.6 Å². The number of amides is 1. The number of rotatable bonds is 3. The maximum absolute atomic E-state index is 12.1. The zero-order chi connectivity index (χ0) is 11.3. The molecule has 2 atom stereocenters. The van der Waals surface area contributed by atoms with Gasteiger partial charge in [0.25, 0.3) is 0 Å². The minimum absolute atomic E-state index is 0.0402. The minimum atomic E-state index is 0.0402. The third kappa shape index (κ3) is 3.49. The van der Waals surface area contributed by atoms with Gasteiger partial charge in [0.2, 0.25) is 5.91 Å².